The van der Waals surface area contributed by atoms with E-state index >= 15 is 0 Å². The SMILES string of the molecule is CCCCOc1cc([C@@H]2N(c3cc(OC)c(OC)c(OC)c3)C(=O)[C@]2(O)CO)ccc1OC. The normalized spacial score (nSPS) is 19.7. The van der Waals surface area contributed by atoms with Crippen molar-refractivity contribution in [2.45, 2.75) is 31.4 Å². The number of hydrogen-bond acceptors (Lipinski definition) is 8. The number of anilines is 1. The van der Waals surface area contributed by atoms with Gasteiger partial charge in [0, 0.05) is 12.1 Å². The average Bonchev–Trinajstić information content (AvgIpc) is 2.85. The zero-order chi connectivity index (χ0) is 24.2. The molecule has 0 aromatic heterocycles. The van der Waals surface area contributed by atoms with E-state index in [1.165, 1.54) is 26.2 Å². The number of hydrogen-bond donors (Lipinski definition) is 2. The minimum atomic E-state index is -1.99. The van der Waals surface area contributed by atoms with Gasteiger partial charge in [0.2, 0.25) is 5.75 Å². The van der Waals surface area contributed by atoms with Crippen LogP contribution in [0.3, 0.4) is 0 Å². The van der Waals surface area contributed by atoms with Crippen molar-refractivity contribution in [1.82, 2.24) is 0 Å². The molecule has 0 aliphatic carbocycles. The molecule has 1 fully saturated rings. The van der Waals surface area contributed by atoms with Gasteiger partial charge in [-0.05, 0) is 24.1 Å². The molecule has 1 heterocycles. The summed E-state index contributed by atoms with van der Waals surface area (Å²) in [6.45, 7) is 1.82. The Kier molecular flexibility index (Phi) is 7.55. The highest BCUT2D eigenvalue weighted by atomic mass is 16.5. The van der Waals surface area contributed by atoms with Gasteiger partial charge in [0.25, 0.3) is 5.91 Å². The summed E-state index contributed by atoms with van der Waals surface area (Å²) in [6.07, 6.45) is 1.84. The third-order valence-corrected chi connectivity index (χ3v) is 5.73. The van der Waals surface area contributed by atoms with Gasteiger partial charge in [0.05, 0.1) is 47.3 Å². The van der Waals surface area contributed by atoms with Crippen LogP contribution >= 0.6 is 0 Å². The van der Waals surface area contributed by atoms with E-state index in [0.29, 0.717) is 46.6 Å². The number of aliphatic hydroxyl groups excluding tert-OH is 1. The molecule has 9 nitrogen and oxygen atoms in total. The zero-order valence-corrected chi connectivity index (χ0v) is 19.6. The molecule has 0 radical (unpaired) electrons. The summed E-state index contributed by atoms with van der Waals surface area (Å²) in [4.78, 5) is 14.4. The summed E-state index contributed by atoms with van der Waals surface area (Å²) < 4.78 is 27.4. The molecule has 0 spiro atoms. The molecule has 2 aromatic rings. The predicted octanol–water partition coefficient (Wildman–Crippen LogP) is 2.71. The fourth-order valence-corrected chi connectivity index (χ4v) is 3.94. The molecule has 1 aliphatic heterocycles. The van der Waals surface area contributed by atoms with Crippen LogP contribution in [0.25, 0.3) is 0 Å². The summed E-state index contributed by atoms with van der Waals surface area (Å²) >= 11 is 0. The lowest BCUT2D eigenvalue weighted by Crippen LogP contribution is -2.70. The van der Waals surface area contributed by atoms with Gasteiger partial charge in [-0.25, -0.2) is 0 Å². The summed E-state index contributed by atoms with van der Waals surface area (Å²) in [7, 11) is 5.98. The number of rotatable bonds is 11. The Morgan fingerprint density at radius 2 is 1.58 bits per heavy atom. The zero-order valence-electron chi connectivity index (χ0n) is 19.6. The fourth-order valence-electron chi connectivity index (χ4n) is 3.94. The quantitative estimate of drug-likeness (QED) is 0.389. The van der Waals surface area contributed by atoms with Crippen LogP contribution in [0.15, 0.2) is 30.3 Å². The third-order valence-electron chi connectivity index (χ3n) is 5.73. The molecule has 9 heteroatoms. The number of benzene rings is 2. The molecule has 2 N–H and O–H groups in total. The van der Waals surface area contributed by atoms with Gasteiger partial charge < -0.3 is 33.9 Å². The highest BCUT2D eigenvalue weighted by molar-refractivity contribution is 6.08. The Balaban J connectivity index is 2.08. The van der Waals surface area contributed by atoms with E-state index in [1.807, 2.05) is 0 Å². The van der Waals surface area contributed by atoms with Crippen LogP contribution in [-0.2, 0) is 4.79 Å². The molecule has 0 saturated carbocycles. The first kappa shape index (κ1) is 24.5. The minimum Gasteiger partial charge on any atom is -0.493 e. The Labute approximate surface area is 193 Å². The molecule has 0 bridgehead atoms. The van der Waals surface area contributed by atoms with Crippen molar-refractivity contribution < 1.29 is 38.7 Å². The minimum absolute atomic E-state index is 0.358. The number of β-lactam (4-membered cyclic amide) rings is 1. The summed E-state index contributed by atoms with van der Waals surface area (Å²) in [6, 6.07) is 7.52. The topological polar surface area (TPSA) is 107 Å². The number of carbonyl (C=O) groups is 1. The maximum absolute atomic E-state index is 13.0. The lowest BCUT2D eigenvalue weighted by Gasteiger charge is -2.52. The fraction of sp³-hybridized carbons (Fsp3) is 0.458. The second kappa shape index (κ2) is 10.2. The first-order valence-electron chi connectivity index (χ1n) is 10.7. The van der Waals surface area contributed by atoms with Crippen molar-refractivity contribution >= 4 is 11.6 Å². The van der Waals surface area contributed by atoms with Gasteiger partial charge in [-0.1, -0.05) is 19.4 Å². The second-order valence-corrected chi connectivity index (χ2v) is 7.66. The van der Waals surface area contributed by atoms with E-state index in [2.05, 4.69) is 6.92 Å². The number of amides is 1. The van der Waals surface area contributed by atoms with E-state index in [1.54, 1.807) is 37.4 Å². The van der Waals surface area contributed by atoms with Gasteiger partial charge >= 0.3 is 0 Å². The Hall–Kier alpha value is -3.17. The lowest BCUT2D eigenvalue weighted by atomic mass is 9.78. The van der Waals surface area contributed by atoms with Crippen LogP contribution in [0.2, 0.25) is 0 Å². The summed E-state index contributed by atoms with van der Waals surface area (Å²) in [5.74, 6) is 1.47. The average molecular weight is 462 g/mol. The van der Waals surface area contributed by atoms with E-state index in [9.17, 15) is 15.0 Å². The summed E-state index contributed by atoms with van der Waals surface area (Å²) in [5, 5.41) is 20.9. The Morgan fingerprint density at radius 3 is 2.09 bits per heavy atom. The van der Waals surface area contributed by atoms with Crippen LogP contribution in [0.4, 0.5) is 5.69 Å². The second-order valence-electron chi connectivity index (χ2n) is 7.66. The molecule has 2 aromatic carbocycles. The Bertz CT molecular complexity index is 969. The number of methoxy groups -OCH3 is 4. The van der Waals surface area contributed by atoms with Crippen molar-refractivity contribution in [3.05, 3.63) is 35.9 Å². The molecule has 1 amide bonds. The number of nitrogens with zero attached hydrogens (tertiary/aromatic N) is 1. The largest absolute Gasteiger partial charge is 0.493 e. The molecule has 2 atom stereocenters. The predicted molar refractivity (Wildman–Crippen MR) is 122 cm³/mol. The van der Waals surface area contributed by atoms with Crippen molar-refractivity contribution in [2.24, 2.45) is 0 Å². The van der Waals surface area contributed by atoms with Crippen molar-refractivity contribution in [3.8, 4) is 28.7 Å². The highest BCUT2D eigenvalue weighted by Crippen LogP contribution is 2.50. The van der Waals surface area contributed by atoms with Gasteiger partial charge in [-0.2, -0.15) is 0 Å². The van der Waals surface area contributed by atoms with Crippen LogP contribution in [0.1, 0.15) is 31.4 Å². The number of carbonyl (C=O) groups excluding carboxylic acids is 1. The molecular weight excluding hydrogens is 430 g/mol. The smallest absolute Gasteiger partial charge is 0.264 e. The molecule has 3 rings (SSSR count). The van der Waals surface area contributed by atoms with Crippen LogP contribution < -0.4 is 28.6 Å². The monoisotopic (exact) mass is 461 g/mol. The number of aliphatic hydroxyl groups is 2. The van der Waals surface area contributed by atoms with E-state index in [0.717, 1.165) is 12.8 Å². The van der Waals surface area contributed by atoms with E-state index < -0.39 is 24.2 Å². The van der Waals surface area contributed by atoms with Crippen LogP contribution in [-0.4, -0.2) is 63.4 Å². The van der Waals surface area contributed by atoms with Crippen LogP contribution in [0.5, 0.6) is 28.7 Å². The molecule has 1 aliphatic rings. The third kappa shape index (κ3) is 4.26. The molecular formula is C24H31NO8. The van der Waals surface area contributed by atoms with E-state index in [4.69, 9.17) is 23.7 Å². The standard InChI is InChI=1S/C24H31NO8/c1-6-7-10-33-18-11-15(8-9-17(18)29-2)22-24(28,14-26)23(27)25(22)16-12-19(30-3)21(32-5)20(13-16)31-4/h8-9,11-13,22,26,28H,6-7,10,14H2,1-5H3/t22-,24-/m0/s1. The number of ether oxygens (including phenoxy) is 5. The molecule has 180 valence electrons. The van der Waals surface area contributed by atoms with Gasteiger partial charge in [-0.15, -0.1) is 0 Å². The van der Waals surface area contributed by atoms with Crippen molar-refractivity contribution in [1.29, 1.82) is 0 Å². The molecule has 0 unspecified atom stereocenters. The number of unbranched alkanes of at least 4 members (excludes halogenated alkanes) is 1. The van der Waals surface area contributed by atoms with E-state index in [-0.39, 0.29) is 0 Å². The summed E-state index contributed by atoms with van der Waals surface area (Å²) in [5.41, 5.74) is -0.996. The van der Waals surface area contributed by atoms with Gasteiger partial charge in [-0.3, -0.25) is 9.69 Å². The highest BCUT2D eigenvalue weighted by Gasteiger charge is 2.61. The van der Waals surface area contributed by atoms with Crippen LogP contribution in [0, 0.1) is 0 Å². The first-order valence-corrected chi connectivity index (χ1v) is 10.7. The maximum Gasteiger partial charge on any atom is 0.264 e. The lowest BCUT2D eigenvalue weighted by molar-refractivity contribution is -0.160. The van der Waals surface area contributed by atoms with Crippen molar-refractivity contribution in [2.75, 3.05) is 46.6 Å². The maximum atomic E-state index is 13.0. The van der Waals surface area contributed by atoms with Crippen molar-refractivity contribution in [3.63, 3.8) is 0 Å². The molecule has 33 heavy (non-hydrogen) atoms. The first-order chi connectivity index (χ1) is 15.9. The van der Waals surface area contributed by atoms with Gasteiger partial charge in [0.15, 0.2) is 28.6 Å². The van der Waals surface area contributed by atoms with Gasteiger partial charge in [0.1, 0.15) is 6.04 Å². The Morgan fingerprint density at radius 1 is 0.939 bits per heavy atom. The molecule has 1 saturated heterocycles.